The maximum Gasteiger partial charge on any atom is 0.254 e. The number of benzene rings is 2. The van der Waals surface area contributed by atoms with Crippen molar-refractivity contribution in [2.24, 2.45) is 5.73 Å². The summed E-state index contributed by atoms with van der Waals surface area (Å²) in [5.41, 5.74) is 6.69. The number of fused-ring (bicyclic) bond motifs is 1. The zero-order chi connectivity index (χ0) is 18.7. The van der Waals surface area contributed by atoms with Gasteiger partial charge in [0.1, 0.15) is 17.7 Å². The number of amides is 2. The molecule has 6 nitrogen and oxygen atoms in total. The molecule has 8 heteroatoms. The quantitative estimate of drug-likeness (QED) is 0.727. The Hall–Kier alpha value is -3.42. The highest BCUT2D eigenvalue weighted by Gasteiger charge is 2.22. The van der Waals surface area contributed by atoms with Crippen LogP contribution < -0.4 is 11.1 Å². The third-order valence-electron chi connectivity index (χ3n) is 3.74. The van der Waals surface area contributed by atoms with Crippen molar-refractivity contribution >= 4 is 22.8 Å². The zero-order valence-electron chi connectivity index (χ0n) is 13.4. The second kappa shape index (κ2) is 7.22. The van der Waals surface area contributed by atoms with Gasteiger partial charge < -0.3 is 11.1 Å². The van der Waals surface area contributed by atoms with Crippen LogP contribution in [-0.4, -0.2) is 27.8 Å². The Labute approximate surface area is 147 Å². The molecule has 0 aliphatic carbocycles. The minimum absolute atomic E-state index is 0.0122. The van der Waals surface area contributed by atoms with Crippen LogP contribution in [0.2, 0.25) is 0 Å². The van der Waals surface area contributed by atoms with Crippen LogP contribution in [0.25, 0.3) is 11.0 Å². The van der Waals surface area contributed by atoms with Crippen molar-refractivity contribution in [2.75, 3.05) is 0 Å². The Balaban J connectivity index is 1.80. The molecule has 26 heavy (non-hydrogen) atoms. The van der Waals surface area contributed by atoms with Crippen molar-refractivity contribution < 1.29 is 18.4 Å². The molecule has 0 unspecified atom stereocenters. The van der Waals surface area contributed by atoms with Gasteiger partial charge in [-0.05, 0) is 24.3 Å². The fraction of sp³-hybridized carbons (Fsp3) is 0.111. The number of rotatable bonds is 5. The molecule has 3 rings (SSSR count). The molecule has 0 aliphatic rings. The average molecular weight is 356 g/mol. The molecule has 1 heterocycles. The number of primary amides is 1. The van der Waals surface area contributed by atoms with Crippen molar-refractivity contribution in [3.05, 3.63) is 71.6 Å². The van der Waals surface area contributed by atoms with Gasteiger partial charge in [-0.3, -0.25) is 14.6 Å². The van der Waals surface area contributed by atoms with Gasteiger partial charge in [-0.15, -0.1) is 0 Å². The third-order valence-corrected chi connectivity index (χ3v) is 3.74. The van der Waals surface area contributed by atoms with Crippen LogP contribution in [0.3, 0.4) is 0 Å². The summed E-state index contributed by atoms with van der Waals surface area (Å²) in [5, 5.41) is 2.35. The Morgan fingerprint density at radius 1 is 1.12 bits per heavy atom. The molecule has 0 aliphatic heterocycles. The number of nitrogens with zero attached hydrogens (tertiary/aromatic N) is 2. The summed E-state index contributed by atoms with van der Waals surface area (Å²) in [6.07, 6.45) is 1.46. The van der Waals surface area contributed by atoms with Gasteiger partial charge in [0, 0.05) is 18.7 Å². The molecular formula is C18H14F2N4O2. The van der Waals surface area contributed by atoms with E-state index in [4.69, 9.17) is 5.73 Å². The number of halogens is 2. The number of para-hydroxylation sites is 2. The second-order valence-corrected chi connectivity index (χ2v) is 5.61. The van der Waals surface area contributed by atoms with Crippen molar-refractivity contribution in [2.45, 2.75) is 12.5 Å². The molecular weight excluding hydrogens is 342 g/mol. The van der Waals surface area contributed by atoms with Gasteiger partial charge in [-0.25, -0.2) is 13.8 Å². The predicted molar refractivity (Wildman–Crippen MR) is 90.0 cm³/mol. The lowest BCUT2D eigenvalue weighted by Gasteiger charge is -2.15. The molecule has 1 atom stereocenters. The lowest BCUT2D eigenvalue weighted by atomic mass is 10.1. The maximum atomic E-state index is 13.7. The predicted octanol–water partition coefficient (Wildman–Crippen LogP) is 1.73. The largest absolute Gasteiger partial charge is 0.368 e. The van der Waals surface area contributed by atoms with E-state index in [1.54, 1.807) is 18.2 Å². The molecule has 0 bridgehead atoms. The van der Waals surface area contributed by atoms with Gasteiger partial charge >= 0.3 is 0 Å². The van der Waals surface area contributed by atoms with Gasteiger partial charge in [0.25, 0.3) is 5.91 Å². The van der Waals surface area contributed by atoms with Gasteiger partial charge in [0.2, 0.25) is 5.91 Å². The topological polar surface area (TPSA) is 98.0 Å². The van der Waals surface area contributed by atoms with Crippen LogP contribution >= 0.6 is 0 Å². The monoisotopic (exact) mass is 356 g/mol. The maximum absolute atomic E-state index is 13.7. The van der Waals surface area contributed by atoms with Gasteiger partial charge in [0.05, 0.1) is 22.3 Å². The summed E-state index contributed by atoms with van der Waals surface area (Å²) < 4.78 is 26.7. The first-order valence-corrected chi connectivity index (χ1v) is 7.70. The molecule has 0 saturated carbocycles. The van der Waals surface area contributed by atoms with E-state index in [-0.39, 0.29) is 12.0 Å². The lowest BCUT2D eigenvalue weighted by molar-refractivity contribution is -0.119. The van der Waals surface area contributed by atoms with E-state index in [1.807, 2.05) is 6.07 Å². The van der Waals surface area contributed by atoms with Crippen LogP contribution in [0.1, 0.15) is 16.1 Å². The number of nitrogens with two attached hydrogens (primary N) is 1. The molecule has 0 radical (unpaired) electrons. The summed E-state index contributed by atoms with van der Waals surface area (Å²) in [5.74, 6) is -3.52. The minimum atomic E-state index is -1.12. The zero-order valence-corrected chi connectivity index (χ0v) is 13.4. The molecule has 2 aromatic carbocycles. The summed E-state index contributed by atoms with van der Waals surface area (Å²) >= 11 is 0. The molecule has 0 fully saturated rings. The Kier molecular flexibility index (Phi) is 4.83. The van der Waals surface area contributed by atoms with E-state index < -0.39 is 29.5 Å². The SMILES string of the molecule is NC(=O)[C@H](Cc1cnc2ccccc2n1)NC(=O)c1ccc(F)cc1F. The number of hydrogen-bond donors (Lipinski definition) is 2. The molecule has 132 valence electrons. The lowest BCUT2D eigenvalue weighted by Crippen LogP contribution is -2.46. The average Bonchev–Trinajstić information content (AvgIpc) is 2.60. The van der Waals surface area contributed by atoms with Gasteiger partial charge in [-0.2, -0.15) is 0 Å². The molecule has 0 spiro atoms. The first-order valence-electron chi connectivity index (χ1n) is 7.70. The smallest absolute Gasteiger partial charge is 0.254 e. The number of carbonyl (C=O) groups excluding carboxylic acids is 2. The van der Waals surface area contributed by atoms with Gasteiger partial charge in [-0.1, -0.05) is 12.1 Å². The van der Waals surface area contributed by atoms with Crippen molar-refractivity contribution in [3.63, 3.8) is 0 Å². The number of carbonyl (C=O) groups is 2. The third kappa shape index (κ3) is 3.80. The van der Waals surface area contributed by atoms with Crippen LogP contribution in [-0.2, 0) is 11.2 Å². The molecule has 2 amide bonds. The van der Waals surface area contributed by atoms with Crippen molar-refractivity contribution in [1.82, 2.24) is 15.3 Å². The van der Waals surface area contributed by atoms with Crippen LogP contribution in [0.4, 0.5) is 8.78 Å². The first-order chi connectivity index (χ1) is 12.4. The van der Waals surface area contributed by atoms with E-state index >= 15 is 0 Å². The van der Waals surface area contributed by atoms with Crippen molar-refractivity contribution in [3.8, 4) is 0 Å². The molecule has 1 aromatic heterocycles. The second-order valence-electron chi connectivity index (χ2n) is 5.61. The standard InChI is InChI=1S/C18H14F2N4O2/c19-10-5-6-12(13(20)7-10)18(26)24-16(17(21)25)8-11-9-22-14-3-1-2-4-15(14)23-11/h1-7,9,16H,8H2,(H2,21,25)(H,24,26)/t16-/m0/s1. The van der Waals surface area contributed by atoms with E-state index in [0.717, 1.165) is 12.1 Å². The number of hydrogen-bond acceptors (Lipinski definition) is 4. The van der Waals surface area contributed by atoms with Crippen LogP contribution in [0.5, 0.6) is 0 Å². The highest BCUT2D eigenvalue weighted by atomic mass is 19.1. The number of nitrogens with one attached hydrogen (secondary N) is 1. The molecule has 0 saturated heterocycles. The summed E-state index contributed by atoms with van der Waals surface area (Å²) in [7, 11) is 0. The van der Waals surface area contributed by atoms with Crippen LogP contribution in [0.15, 0.2) is 48.7 Å². The number of aromatic nitrogens is 2. The summed E-state index contributed by atoms with van der Waals surface area (Å²) in [6.45, 7) is 0. The van der Waals surface area contributed by atoms with Crippen molar-refractivity contribution in [1.29, 1.82) is 0 Å². The molecule has 3 aromatic rings. The fourth-order valence-electron chi connectivity index (χ4n) is 2.44. The van der Waals surface area contributed by atoms with Gasteiger partial charge in [0.15, 0.2) is 0 Å². The Morgan fingerprint density at radius 2 is 1.85 bits per heavy atom. The fourth-order valence-corrected chi connectivity index (χ4v) is 2.44. The summed E-state index contributed by atoms with van der Waals surface area (Å²) in [4.78, 5) is 32.4. The van der Waals surface area contributed by atoms with E-state index in [1.165, 1.54) is 6.20 Å². The Bertz CT molecular complexity index is 994. The first kappa shape index (κ1) is 17.4. The highest BCUT2D eigenvalue weighted by molar-refractivity contribution is 5.97. The van der Waals surface area contributed by atoms with E-state index in [2.05, 4.69) is 15.3 Å². The summed E-state index contributed by atoms with van der Waals surface area (Å²) in [6, 6.07) is 8.57. The molecule has 3 N–H and O–H groups in total. The van der Waals surface area contributed by atoms with Crippen LogP contribution in [0, 0.1) is 11.6 Å². The highest BCUT2D eigenvalue weighted by Crippen LogP contribution is 2.12. The van der Waals surface area contributed by atoms with E-state index in [0.29, 0.717) is 22.8 Å². The minimum Gasteiger partial charge on any atom is -0.368 e. The van der Waals surface area contributed by atoms with E-state index in [9.17, 15) is 18.4 Å². The normalized spacial score (nSPS) is 11.9. The Morgan fingerprint density at radius 3 is 2.54 bits per heavy atom.